The van der Waals surface area contributed by atoms with Gasteiger partial charge >= 0.3 is 0 Å². The maximum Gasteiger partial charge on any atom is 0.240 e. The van der Waals surface area contributed by atoms with E-state index in [1.807, 2.05) is 24.3 Å². The van der Waals surface area contributed by atoms with Crippen molar-refractivity contribution in [2.75, 3.05) is 26.3 Å². The van der Waals surface area contributed by atoms with Crippen LogP contribution < -0.4 is 4.72 Å². The zero-order valence-corrected chi connectivity index (χ0v) is 15.6. The van der Waals surface area contributed by atoms with Crippen molar-refractivity contribution in [1.82, 2.24) is 9.62 Å². The third-order valence-corrected chi connectivity index (χ3v) is 5.81. The third kappa shape index (κ3) is 4.88. The van der Waals surface area contributed by atoms with Crippen LogP contribution in [-0.4, -0.2) is 39.6 Å². The van der Waals surface area contributed by atoms with Gasteiger partial charge in [-0.1, -0.05) is 24.3 Å². The predicted molar refractivity (Wildman–Crippen MR) is 97.7 cm³/mol. The summed E-state index contributed by atoms with van der Waals surface area (Å²) in [6.45, 7) is 5.86. The van der Waals surface area contributed by atoms with Gasteiger partial charge in [0.1, 0.15) is 5.82 Å². The molecule has 0 amide bonds. The van der Waals surface area contributed by atoms with Crippen LogP contribution in [0, 0.1) is 12.7 Å². The number of sulfonamides is 1. The van der Waals surface area contributed by atoms with Crippen LogP contribution in [0.5, 0.6) is 0 Å². The lowest BCUT2D eigenvalue weighted by Gasteiger charge is -2.26. The molecule has 26 heavy (non-hydrogen) atoms. The minimum absolute atomic E-state index is 0.0703. The molecule has 3 rings (SSSR count). The molecule has 1 fully saturated rings. The molecule has 0 spiro atoms. The number of hydrogen-bond acceptors (Lipinski definition) is 4. The molecule has 0 aromatic heterocycles. The Bertz CT molecular complexity index is 865. The Labute approximate surface area is 153 Å². The Hall–Kier alpha value is -1.80. The second-order valence-electron chi connectivity index (χ2n) is 6.44. The van der Waals surface area contributed by atoms with Gasteiger partial charge in [0, 0.05) is 26.2 Å². The molecule has 1 saturated heterocycles. The highest BCUT2D eigenvalue weighted by atomic mass is 32.2. The molecular weight excluding hydrogens is 355 g/mol. The highest BCUT2D eigenvalue weighted by Crippen LogP contribution is 2.15. The normalized spacial score (nSPS) is 15.9. The lowest BCUT2D eigenvalue weighted by Crippen LogP contribution is -2.35. The summed E-state index contributed by atoms with van der Waals surface area (Å²) >= 11 is 0. The summed E-state index contributed by atoms with van der Waals surface area (Å²) in [7, 11) is -3.68. The first-order chi connectivity index (χ1) is 12.4. The molecule has 0 aliphatic carbocycles. The highest BCUT2D eigenvalue weighted by molar-refractivity contribution is 7.89. The number of morpholine rings is 1. The largest absolute Gasteiger partial charge is 0.379 e. The Morgan fingerprint density at radius 1 is 1.12 bits per heavy atom. The van der Waals surface area contributed by atoms with Crippen LogP contribution in [0.25, 0.3) is 0 Å². The van der Waals surface area contributed by atoms with Crippen LogP contribution in [0.15, 0.2) is 47.4 Å². The second-order valence-corrected chi connectivity index (χ2v) is 8.21. The van der Waals surface area contributed by atoms with E-state index in [1.54, 1.807) is 6.92 Å². The van der Waals surface area contributed by atoms with Crippen LogP contribution in [0.3, 0.4) is 0 Å². The molecule has 0 bridgehead atoms. The first-order valence-corrected chi connectivity index (χ1v) is 10.1. The van der Waals surface area contributed by atoms with Crippen molar-refractivity contribution in [2.45, 2.75) is 24.9 Å². The van der Waals surface area contributed by atoms with Gasteiger partial charge in [-0.05, 0) is 41.8 Å². The van der Waals surface area contributed by atoms with Gasteiger partial charge in [-0.3, -0.25) is 4.90 Å². The van der Waals surface area contributed by atoms with Crippen molar-refractivity contribution in [3.05, 3.63) is 65.0 Å². The van der Waals surface area contributed by atoms with Gasteiger partial charge in [0.2, 0.25) is 10.0 Å². The summed E-state index contributed by atoms with van der Waals surface area (Å²) in [5.74, 6) is -0.417. The van der Waals surface area contributed by atoms with Crippen molar-refractivity contribution >= 4 is 10.0 Å². The number of nitrogens with zero attached hydrogens (tertiary/aromatic N) is 1. The molecule has 140 valence electrons. The fourth-order valence-electron chi connectivity index (χ4n) is 2.90. The molecule has 1 aliphatic heterocycles. The first-order valence-electron chi connectivity index (χ1n) is 8.58. The first kappa shape index (κ1) is 19.0. The Kier molecular flexibility index (Phi) is 6.03. The molecule has 0 radical (unpaired) electrons. The topological polar surface area (TPSA) is 58.6 Å². The minimum atomic E-state index is -3.68. The Morgan fingerprint density at radius 2 is 1.85 bits per heavy atom. The average Bonchev–Trinajstić information content (AvgIpc) is 2.63. The van der Waals surface area contributed by atoms with Crippen LogP contribution in [0.4, 0.5) is 4.39 Å². The van der Waals surface area contributed by atoms with Crippen molar-refractivity contribution in [1.29, 1.82) is 0 Å². The number of hydrogen-bond donors (Lipinski definition) is 1. The summed E-state index contributed by atoms with van der Waals surface area (Å²) in [6, 6.07) is 11.7. The van der Waals surface area contributed by atoms with E-state index in [1.165, 1.54) is 18.2 Å². The maximum absolute atomic E-state index is 13.3. The number of ether oxygens (including phenoxy) is 1. The fourth-order valence-corrected chi connectivity index (χ4v) is 4.00. The van der Waals surface area contributed by atoms with Gasteiger partial charge in [-0.2, -0.15) is 0 Å². The molecule has 1 aliphatic rings. The van der Waals surface area contributed by atoms with Gasteiger partial charge < -0.3 is 4.74 Å². The van der Waals surface area contributed by atoms with E-state index >= 15 is 0 Å². The average molecular weight is 378 g/mol. The minimum Gasteiger partial charge on any atom is -0.379 e. The predicted octanol–water partition coefficient (Wildman–Crippen LogP) is 2.44. The van der Waals surface area contributed by atoms with Gasteiger partial charge in [0.05, 0.1) is 18.1 Å². The smallest absolute Gasteiger partial charge is 0.240 e. The Balaban J connectivity index is 1.65. The number of aryl methyl sites for hydroxylation is 1. The summed E-state index contributed by atoms with van der Waals surface area (Å²) in [5.41, 5.74) is 2.33. The van der Waals surface area contributed by atoms with Gasteiger partial charge in [0.15, 0.2) is 0 Å². The third-order valence-electron chi connectivity index (χ3n) is 4.41. The Morgan fingerprint density at radius 3 is 2.58 bits per heavy atom. The second kappa shape index (κ2) is 8.26. The molecule has 2 aromatic carbocycles. The van der Waals surface area contributed by atoms with Crippen LogP contribution >= 0.6 is 0 Å². The standard InChI is InChI=1S/C19H23FN2O3S/c1-15-11-18(5-6-19(15)20)26(23,24)21-13-16-3-2-4-17(12-16)14-22-7-9-25-10-8-22/h2-6,11-12,21H,7-10,13-14H2,1H3. The van der Waals surface area contributed by atoms with Crippen molar-refractivity contribution < 1.29 is 17.5 Å². The maximum atomic E-state index is 13.3. The number of benzene rings is 2. The van der Waals surface area contributed by atoms with E-state index in [2.05, 4.69) is 9.62 Å². The molecule has 2 aromatic rings. The lowest BCUT2D eigenvalue weighted by molar-refractivity contribution is 0.0342. The van der Waals surface area contributed by atoms with E-state index in [0.717, 1.165) is 44.0 Å². The van der Waals surface area contributed by atoms with E-state index in [4.69, 9.17) is 4.74 Å². The van der Waals surface area contributed by atoms with Crippen LogP contribution in [0.1, 0.15) is 16.7 Å². The van der Waals surface area contributed by atoms with Crippen molar-refractivity contribution in [3.8, 4) is 0 Å². The summed E-state index contributed by atoms with van der Waals surface area (Å²) in [4.78, 5) is 2.38. The van der Waals surface area contributed by atoms with Gasteiger partial charge in [0.25, 0.3) is 0 Å². The quantitative estimate of drug-likeness (QED) is 0.839. The molecule has 0 atom stereocenters. The van der Waals surface area contributed by atoms with Crippen molar-refractivity contribution in [2.24, 2.45) is 0 Å². The van der Waals surface area contributed by atoms with E-state index in [0.29, 0.717) is 5.56 Å². The molecular formula is C19H23FN2O3S. The van der Waals surface area contributed by atoms with E-state index in [-0.39, 0.29) is 11.4 Å². The molecule has 7 heteroatoms. The zero-order valence-electron chi connectivity index (χ0n) is 14.7. The summed E-state index contributed by atoms with van der Waals surface area (Å²) in [6.07, 6.45) is 0. The fraction of sp³-hybridized carbons (Fsp3) is 0.368. The summed E-state index contributed by atoms with van der Waals surface area (Å²) in [5, 5.41) is 0. The number of nitrogens with one attached hydrogen (secondary N) is 1. The van der Waals surface area contributed by atoms with Crippen molar-refractivity contribution in [3.63, 3.8) is 0 Å². The van der Waals surface area contributed by atoms with Crippen LogP contribution in [-0.2, 0) is 27.8 Å². The van der Waals surface area contributed by atoms with Gasteiger partial charge in [-0.15, -0.1) is 0 Å². The van der Waals surface area contributed by atoms with Crippen LogP contribution in [0.2, 0.25) is 0 Å². The SMILES string of the molecule is Cc1cc(S(=O)(=O)NCc2cccc(CN3CCOCC3)c2)ccc1F. The van der Waals surface area contributed by atoms with Gasteiger partial charge in [-0.25, -0.2) is 17.5 Å². The molecule has 1 N–H and O–H groups in total. The van der Waals surface area contributed by atoms with E-state index in [9.17, 15) is 12.8 Å². The molecule has 5 nitrogen and oxygen atoms in total. The highest BCUT2D eigenvalue weighted by Gasteiger charge is 2.15. The number of rotatable bonds is 6. The number of halogens is 1. The molecule has 1 heterocycles. The monoisotopic (exact) mass is 378 g/mol. The summed E-state index contributed by atoms with van der Waals surface area (Å²) < 4.78 is 46.1. The molecule has 0 unspecified atom stereocenters. The van der Waals surface area contributed by atoms with E-state index < -0.39 is 15.8 Å². The molecule has 0 saturated carbocycles. The lowest BCUT2D eigenvalue weighted by atomic mass is 10.1. The zero-order chi connectivity index (χ0) is 18.6.